The molecule has 0 aromatic heterocycles. The highest BCUT2D eigenvalue weighted by molar-refractivity contribution is 7.86. The van der Waals surface area contributed by atoms with Crippen LogP contribution in [0.4, 0.5) is 0 Å². The third-order valence-electron chi connectivity index (χ3n) is 3.97. The highest BCUT2D eigenvalue weighted by atomic mass is 32.2. The Balaban J connectivity index is 2.10. The van der Waals surface area contributed by atoms with Crippen molar-refractivity contribution in [1.29, 1.82) is 0 Å². The first-order valence-electron chi connectivity index (χ1n) is 7.53. The number of piperidine rings is 1. The van der Waals surface area contributed by atoms with Gasteiger partial charge in [0.05, 0.1) is 0 Å². The molecule has 6 heteroatoms. The molecular weight excluding hydrogens is 286 g/mol. The molecule has 0 spiro atoms. The molecule has 118 valence electrons. The Bertz CT molecular complexity index is 527. The Morgan fingerprint density at radius 2 is 1.81 bits per heavy atom. The molecule has 0 saturated carbocycles. The van der Waals surface area contributed by atoms with Crippen LogP contribution in [0, 0.1) is 0 Å². The summed E-state index contributed by atoms with van der Waals surface area (Å²) in [6.45, 7) is 4.62. The predicted octanol–water partition coefficient (Wildman–Crippen LogP) is 1.44. The summed E-state index contributed by atoms with van der Waals surface area (Å²) in [4.78, 5) is 0. The van der Waals surface area contributed by atoms with E-state index in [2.05, 4.69) is 5.32 Å². The SMILES string of the molecule is CCN(C1CCNCC1)S(=O)(=O)N(C)Cc1ccccc1. The molecule has 1 aliphatic heterocycles. The van der Waals surface area contributed by atoms with E-state index in [1.54, 1.807) is 11.4 Å². The average Bonchev–Trinajstić information content (AvgIpc) is 2.50. The molecule has 0 unspecified atom stereocenters. The third-order valence-corrected chi connectivity index (χ3v) is 6.03. The summed E-state index contributed by atoms with van der Waals surface area (Å²) in [7, 11) is -1.75. The van der Waals surface area contributed by atoms with Crippen molar-refractivity contribution in [2.24, 2.45) is 0 Å². The summed E-state index contributed by atoms with van der Waals surface area (Å²) >= 11 is 0. The Morgan fingerprint density at radius 3 is 2.38 bits per heavy atom. The first kappa shape index (κ1) is 16.4. The first-order chi connectivity index (χ1) is 10.1. The standard InChI is InChI=1S/C15H25N3O2S/c1-3-18(15-9-11-16-12-10-15)21(19,20)17(2)13-14-7-5-4-6-8-14/h4-8,15-16H,3,9-13H2,1-2H3. The zero-order chi connectivity index (χ0) is 15.3. The van der Waals surface area contributed by atoms with E-state index >= 15 is 0 Å². The molecule has 1 saturated heterocycles. The van der Waals surface area contributed by atoms with E-state index in [1.807, 2.05) is 37.3 Å². The normalized spacial score (nSPS) is 17.5. The molecule has 0 radical (unpaired) electrons. The minimum absolute atomic E-state index is 0.111. The minimum Gasteiger partial charge on any atom is -0.317 e. The monoisotopic (exact) mass is 311 g/mol. The van der Waals surface area contributed by atoms with Gasteiger partial charge in [0, 0.05) is 26.2 Å². The lowest BCUT2D eigenvalue weighted by molar-refractivity contribution is 0.253. The zero-order valence-corrected chi connectivity index (χ0v) is 13.6. The van der Waals surface area contributed by atoms with E-state index in [4.69, 9.17) is 0 Å². The van der Waals surface area contributed by atoms with Crippen LogP contribution in [0.1, 0.15) is 25.3 Å². The predicted molar refractivity (Wildman–Crippen MR) is 85.1 cm³/mol. The van der Waals surface area contributed by atoms with Gasteiger partial charge in [-0.1, -0.05) is 37.3 Å². The summed E-state index contributed by atoms with van der Waals surface area (Å²) in [5.74, 6) is 0. The van der Waals surface area contributed by atoms with E-state index in [1.165, 1.54) is 4.31 Å². The second kappa shape index (κ2) is 7.35. The fourth-order valence-electron chi connectivity index (χ4n) is 2.81. The topological polar surface area (TPSA) is 52.7 Å². The fourth-order valence-corrected chi connectivity index (χ4v) is 4.39. The van der Waals surface area contributed by atoms with Crippen LogP contribution < -0.4 is 5.32 Å². The van der Waals surface area contributed by atoms with Crippen molar-refractivity contribution in [1.82, 2.24) is 13.9 Å². The van der Waals surface area contributed by atoms with E-state index in [9.17, 15) is 8.42 Å². The Morgan fingerprint density at radius 1 is 1.19 bits per heavy atom. The number of nitrogens with zero attached hydrogens (tertiary/aromatic N) is 2. The molecule has 0 aliphatic carbocycles. The van der Waals surface area contributed by atoms with Crippen molar-refractivity contribution < 1.29 is 8.42 Å². The molecule has 1 aliphatic rings. The highest BCUT2D eigenvalue weighted by Gasteiger charge is 2.32. The molecule has 1 aromatic rings. The molecule has 5 nitrogen and oxygen atoms in total. The Labute approximate surface area is 128 Å². The second-order valence-electron chi connectivity index (χ2n) is 5.43. The minimum atomic E-state index is -3.41. The van der Waals surface area contributed by atoms with Crippen LogP contribution in [0.5, 0.6) is 0 Å². The third kappa shape index (κ3) is 4.03. The molecule has 1 fully saturated rings. The number of hydrogen-bond acceptors (Lipinski definition) is 3. The van der Waals surface area contributed by atoms with E-state index in [0.29, 0.717) is 13.1 Å². The quantitative estimate of drug-likeness (QED) is 0.865. The molecule has 0 bridgehead atoms. The molecule has 1 N–H and O–H groups in total. The van der Waals surface area contributed by atoms with Gasteiger partial charge < -0.3 is 5.32 Å². The lowest BCUT2D eigenvalue weighted by Gasteiger charge is -2.35. The second-order valence-corrected chi connectivity index (χ2v) is 7.42. The lowest BCUT2D eigenvalue weighted by Crippen LogP contribution is -2.50. The Kier molecular flexibility index (Phi) is 5.75. The summed E-state index contributed by atoms with van der Waals surface area (Å²) in [5, 5.41) is 3.28. The maximum Gasteiger partial charge on any atom is 0.282 e. The molecular formula is C15H25N3O2S. The van der Waals surface area contributed by atoms with Gasteiger partial charge in [-0.25, -0.2) is 0 Å². The zero-order valence-electron chi connectivity index (χ0n) is 12.8. The van der Waals surface area contributed by atoms with Gasteiger partial charge in [0.15, 0.2) is 0 Å². The van der Waals surface area contributed by atoms with Gasteiger partial charge in [-0.15, -0.1) is 0 Å². The smallest absolute Gasteiger partial charge is 0.282 e. The summed E-state index contributed by atoms with van der Waals surface area (Å²) in [6, 6.07) is 9.81. The van der Waals surface area contributed by atoms with Crippen LogP contribution in [-0.2, 0) is 16.8 Å². The number of rotatable bonds is 6. The number of hydrogen-bond donors (Lipinski definition) is 1. The van der Waals surface area contributed by atoms with Gasteiger partial charge in [0.25, 0.3) is 10.2 Å². The maximum absolute atomic E-state index is 12.8. The van der Waals surface area contributed by atoms with E-state index in [0.717, 1.165) is 31.5 Å². The van der Waals surface area contributed by atoms with Gasteiger partial charge in [0.2, 0.25) is 0 Å². The van der Waals surface area contributed by atoms with Gasteiger partial charge >= 0.3 is 0 Å². The van der Waals surface area contributed by atoms with Crippen LogP contribution >= 0.6 is 0 Å². The summed E-state index contributed by atoms with van der Waals surface area (Å²) < 4.78 is 28.7. The molecule has 2 rings (SSSR count). The van der Waals surface area contributed by atoms with Crippen molar-refractivity contribution in [3.05, 3.63) is 35.9 Å². The highest BCUT2D eigenvalue weighted by Crippen LogP contribution is 2.19. The average molecular weight is 311 g/mol. The van der Waals surface area contributed by atoms with E-state index < -0.39 is 10.2 Å². The van der Waals surface area contributed by atoms with Crippen molar-refractivity contribution in [2.75, 3.05) is 26.7 Å². The van der Waals surface area contributed by atoms with Gasteiger partial charge in [-0.2, -0.15) is 17.0 Å². The first-order valence-corrected chi connectivity index (χ1v) is 8.93. The van der Waals surface area contributed by atoms with Crippen LogP contribution in [0.3, 0.4) is 0 Å². The summed E-state index contributed by atoms with van der Waals surface area (Å²) in [6.07, 6.45) is 1.76. The molecule has 0 atom stereocenters. The van der Waals surface area contributed by atoms with Crippen LogP contribution in [0.25, 0.3) is 0 Å². The molecule has 21 heavy (non-hydrogen) atoms. The summed E-state index contributed by atoms with van der Waals surface area (Å²) in [5.41, 5.74) is 1.00. The van der Waals surface area contributed by atoms with Gasteiger partial charge in [-0.3, -0.25) is 0 Å². The maximum atomic E-state index is 12.8. The van der Waals surface area contributed by atoms with Crippen molar-refractivity contribution in [3.63, 3.8) is 0 Å². The van der Waals surface area contributed by atoms with E-state index in [-0.39, 0.29) is 6.04 Å². The number of benzene rings is 1. The van der Waals surface area contributed by atoms with Crippen LogP contribution in [0.2, 0.25) is 0 Å². The molecule has 0 amide bonds. The van der Waals surface area contributed by atoms with Gasteiger partial charge in [-0.05, 0) is 31.5 Å². The Hall–Kier alpha value is -0.950. The molecule has 1 aromatic carbocycles. The van der Waals surface area contributed by atoms with Crippen molar-refractivity contribution >= 4 is 10.2 Å². The lowest BCUT2D eigenvalue weighted by atomic mass is 10.1. The largest absolute Gasteiger partial charge is 0.317 e. The van der Waals surface area contributed by atoms with Gasteiger partial charge in [0.1, 0.15) is 0 Å². The van der Waals surface area contributed by atoms with Crippen molar-refractivity contribution in [3.8, 4) is 0 Å². The van der Waals surface area contributed by atoms with Crippen molar-refractivity contribution in [2.45, 2.75) is 32.4 Å². The molecule has 1 heterocycles. The van der Waals surface area contributed by atoms with Crippen LogP contribution in [0.15, 0.2) is 30.3 Å². The number of nitrogens with one attached hydrogen (secondary N) is 1. The fraction of sp³-hybridized carbons (Fsp3) is 0.600. The van der Waals surface area contributed by atoms with Crippen LogP contribution in [-0.4, -0.2) is 49.8 Å².